The van der Waals surface area contributed by atoms with Crippen molar-refractivity contribution < 1.29 is 9.59 Å². The summed E-state index contributed by atoms with van der Waals surface area (Å²) in [4.78, 5) is 44.8. The maximum atomic E-state index is 12.1. The summed E-state index contributed by atoms with van der Waals surface area (Å²) in [5.74, 6) is 3.38. The van der Waals surface area contributed by atoms with Crippen LogP contribution in [-0.4, -0.2) is 105 Å². The van der Waals surface area contributed by atoms with Gasteiger partial charge < -0.3 is 21.3 Å². The molecule has 2 aliphatic heterocycles. The van der Waals surface area contributed by atoms with Gasteiger partial charge in [0.1, 0.15) is 31.7 Å². The summed E-state index contributed by atoms with van der Waals surface area (Å²) in [5.41, 5.74) is 13.4. The molecule has 0 unspecified atom stereocenters. The van der Waals surface area contributed by atoms with E-state index in [-0.39, 0.29) is 23.9 Å². The normalized spacial score (nSPS) is 17.5. The highest BCUT2D eigenvalue weighted by Gasteiger charge is 2.29. The lowest BCUT2D eigenvalue weighted by Gasteiger charge is -2.33. The van der Waals surface area contributed by atoms with Crippen molar-refractivity contribution in [2.45, 2.75) is 64.0 Å². The highest BCUT2D eigenvalue weighted by atomic mass is 127. The molecule has 2 atom stereocenters. The summed E-state index contributed by atoms with van der Waals surface area (Å²) in [6.07, 6.45) is 10.1. The van der Waals surface area contributed by atoms with Crippen LogP contribution in [0.25, 0.3) is 22.1 Å². The van der Waals surface area contributed by atoms with Gasteiger partial charge in [-0.1, -0.05) is 22.9 Å². The van der Waals surface area contributed by atoms with E-state index < -0.39 is 0 Å². The largest absolute Gasteiger partial charge is 0.383 e. The summed E-state index contributed by atoms with van der Waals surface area (Å²) in [6.45, 7) is 4.97. The number of hydrogen-bond acceptors (Lipinski definition) is 10. The van der Waals surface area contributed by atoms with E-state index in [1.54, 1.807) is 0 Å². The van der Waals surface area contributed by atoms with E-state index in [0.717, 1.165) is 74.7 Å². The van der Waals surface area contributed by atoms with Gasteiger partial charge in [-0.05, 0) is 83.1 Å². The van der Waals surface area contributed by atoms with Gasteiger partial charge in [0, 0.05) is 51.3 Å². The van der Waals surface area contributed by atoms with Gasteiger partial charge in [0.15, 0.2) is 11.3 Å². The van der Waals surface area contributed by atoms with Crippen LogP contribution in [0.4, 0.5) is 11.6 Å². The lowest BCUT2D eigenvalue weighted by Crippen LogP contribution is -2.41. The third-order valence-corrected chi connectivity index (χ3v) is 9.61. The molecular formula is C29H41BrCl2I2N12O2. The van der Waals surface area contributed by atoms with Crippen LogP contribution in [0.1, 0.15) is 64.0 Å². The molecule has 4 aromatic heterocycles. The second-order valence-electron chi connectivity index (χ2n) is 10.8. The Morgan fingerprint density at radius 3 is 1.62 bits per heavy atom. The second kappa shape index (κ2) is 20.1. The van der Waals surface area contributed by atoms with Crippen molar-refractivity contribution in [2.75, 3.05) is 55.7 Å². The predicted molar refractivity (Wildman–Crippen MR) is 211 cm³/mol. The Labute approximate surface area is 325 Å². The number of carbonyl (C=O) groups is 2. The number of halogens is 5. The third kappa shape index (κ3) is 9.69. The molecule has 0 aromatic carbocycles. The fourth-order valence-corrected chi connectivity index (χ4v) is 7.45. The van der Waals surface area contributed by atoms with E-state index >= 15 is 0 Å². The van der Waals surface area contributed by atoms with Gasteiger partial charge in [0.25, 0.3) is 0 Å². The number of piperidine rings is 2. The van der Waals surface area contributed by atoms with E-state index in [9.17, 15) is 9.59 Å². The first-order valence-electron chi connectivity index (χ1n) is 15.4. The predicted octanol–water partition coefficient (Wildman–Crippen LogP) is 5.65. The lowest BCUT2D eigenvalue weighted by molar-refractivity contribution is -0.133. The molecule has 2 saturated heterocycles. The summed E-state index contributed by atoms with van der Waals surface area (Å²) >= 11 is 17.6. The molecule has 0 spiro atoms. The molecule has 0 saturated carbocycles. The number of aromatic nitrogens is 8. The van der Waals surface area contributed by atoms with Gasteiger partial charge in [-0.3, -0.25) is 9.59 Å². The minimum Gasteiger partial charge on any atom is -0.383 e. The molecule has 6 heterocycles. The van der Waals surface area contributed by atoms with Gasteiger partial charge in [0.05, 0.1) is 22.9 Å². The first-order chi connectivity index (χ1) is 23.2. The zero-order valence-corrected chi connectivity index (χ0v) is 34.5. The zero-order valence-electron chi connectivity index (χ0n) is 27.1. The Kier molecular flexibility index (Phi) is 17.0. The van der Waals surface area contributed by atoms with Crippen molar-refractivity contribution >= 4 is 130 Å². The number of hydrogen-bond donors (Lipinski definition) is 2. The molecule has 0 radical (unpaired) electrons. The SMILES string of the molecule is CBr.CCCC(=O)N1CCC[C@@H](n2nc(I)c3c(N)ncnc32)C1.CCl.Nc1ncnc2c1c(I)nn2[C@@H]1CCCN(C(=O)CCCl)C1. The first-order valence-corrected chi connectivity index (χ1v) is 20.4. The number of carbonyl (C=O) groups excluding carboxylic acids is 2. The molecule has 2 fully saturated rings. The number of nitrogens with two attached hydrogens (primary N) is 2. The summed E-state index contributed by atoms with van der Waals surface area (Å²) in [5, 5.41) is 10.8. The first kappa shape index (κ1) is 40.6. The number of likely N-dealkylation sites (tertiary alicyclic amines) is 2. The van der Waals surface area contributed by atoms with Crippen molar-refractivity contribution in [2.24, 2.45) is 0 Å². The molecule has 264 valence electrons. The maximum absolute atomic E-state index is 12.1. The molecule has 14 nitrogen and oxygen atoms in total. The van der Waals surface area contributed by atoms with E-state index in [2.05, 4.69) is 103 Å². The quantitative estimate of drug-likeness (QED) is 0.181. The topological polar surface area (TPSA) is 180 Å². The van der Waals surface area contributed by atoms with Crippen LogP contribution < -0.4 is 11.5 Å². The van der Waals surface area contributed by atoms with Crippen LogP contribution in [0.3, 0.4) is 0 Å². The van der Waals surface area contributed by atoms with E-state index in [1.807, 2.05) is 31.9 Å². The molecular weight excluding hydrogens is 953 g/mol. The Bertz CT molecular complexity index is 1540. The molecule has 2 amide bonds. The fourth-order valence-electron chi connectivity index (χ4n) is 5.79. The third-order valence-electron chi connectivity index (χ3n) is 7.91. The molecule has 0 aliphatic carbocycles. The van der Waals surface area contributed by atoms with Crippen molar-refractivity contribution in [3.63, 3.8) is 0 Å². The smallest absolute Gasteiger partial charge is 0.223 e. The monoisotopic (exact) mass is 992 g/mol. The molecule has 6 rings (SSSR count). The average molecular weight is 994 g/mol. The zero-order chi connectivity index (χ0) is 35.4. The van der Waals surface area contributed by atoms with E-state index in [1.165, 1.54) is 19.0 Å². The summed E-state index contributed by atoms with van der Waals surface area (Å²) < 4.78 is 5.40. The van der Waals surface area contributed by atoms with Crippen molar-refractivity contribution in [1.29, 1.82) is 0 Å². The standard InChI is InChI=1S/C14H19IN6O.C13H16ClIN6O.CH3Br.CH3Cl/c1-2-4-10(22)20-6-3-5-9(7-20)21-14-11(12(15)19-21)13(16)17-8-18-14;14-4-3-9(22)20-5-1-2-8(6-20)21-13-10(11(15)19-21)12(16)17-7-18-13;2*1-2/h8-9H,2-7H2,1H3,(H2,16,17,18);7-8H,1-6H2,(H2,16,17,18);2*1H3/t9-;8-;;/m11../s1. The van der Waals surface area contributed by atoms with Gasteiger partial charge in [-0.15, -0.1) is 23.2 Å². The molecule has 48 heavy (non-hydrogen) atoms. The van der Waals surface area contributed by atoms with Crippen LogP contribution in [-0.2, 0) is 9.59 Å². The molecule has 19 heteroatoms. The van der Waals surface area contributed by atoms with Gasteiger partial charge in [-0.25, -0.2) is 29.3 Å². The molecule has 0 bridgehead atoms. The Hall–Kier alpha value is -1.84. The number of rotatable bonds is 6. The van der Waals surface area contributed by atoms with Crippen LogP contribution in [0.15, 0.2) is 12.7 Å². The summed E-state index contributed by atoms with van der Waals surface area (Å²) in [6, 6.07) is 0.253. The lowest BCUT2D eigenvalue weighted by atomic mass is 10.1. The number of amides is 2. The maximum Gasteiger partial charge on any atom is 0.223 e. The van der Waals surface area contributed by atoms with Crippen molar-refractivity contribution in [3.05, 3.63) is 20.1 Å². The highest BCUT2D eigenvalue weighted by Crippen LogP contribution is 2.30. The number of fused-ring (bicyclic) bond motifs is 2. The fraction of sp³-hybridized carbons (Fsp3) is 0.586. The number of nitrogen functional groups attached to an aromatic ring is 2. The van der Waals surface area contributed by atoms with Crippen molar-refractivity contribution in [3.8, 4) is 0 Å². The van der Waals surface area contributed by atoms with E-state index in [4.69, 9.17) is 23.1 Å². The summed E-state index contributed by atoms with van der Waals surface area (Å²) in [7, 11) is 0. The number of alkyl halides is 3. The molecule has 4 aromatic rings. The minimum absolute atomic E-state index is 0.0972. The number of nitrogens with zero attached hydrogens (tertiary/aromatic N) is 10. The van der Waals surface area contributed by atoms with Gasteiger partial charge in [0.2, 0.25) is 11.8 Å². The number of anilines is 2. The van der Waals surface area contributed by atoms with Crippen LogP contribution >= 0.6 is 84.3 Å². The van der Waals surface area contributed by atoms with Crippen LogP contribution in [0.2, 0.25) is 0 Å². The molecule has 2 aliphatic rings. The van der Waals surface area contributed by atoms with E-state index in [0.29, 0.717) is 43.4 Å². The highest BCUT2D eigenvalue weighted by molar-refractivity contribution is 14.1. The van der Waals surface area contributed by atoms with Gasteiger partial charge in [-0.2, -0.15) is 10.2 Å². The Morgan fingerprint density at radius 1 is 0.812 bits per heavy atom. The average Bonchev–Trinajstić information content (AvgIpc) is 3.65. The van der Waals surface area contributed by atoms with Crippen LogP contribution in [0.5, 0.6) is 0 Å². The van der Waals surface area contributed by atoms with Crippen molar-refractivity contribution in [1.82, 2.24) is 49.3 Å². The van der Waals surface area contributed by atoms with Crippen LogP contribution in [0, 0.1) is 7.40 Å². The minimum atomic E-state index is 0.0972. The Balaban J connectivity index is 0.000000236. The molecule has 4 N–H and O–H groups in total. The van der Waals surface area contributed by atoms with Gasteiger partial charge >= 0.3 is 0 Å². The Morgan fingerprint density at radius 2 is 1.23 bits per heavy atom. The second-order valence-corrected chi connectivity index (χ2v) is 13.3.